The molecule has 0 bridgehead atoms. The first kappa shape index (κ1) is 6.93. The second-order valence-electron chi connectivity index (χ2n) is 1.79. The summed E-state index contributed by atoms with van der Waals surface area (Å²) in [5.74, 6) is 0. The van der Waals surface area contributed by atoms with Gasteiger partial charge in [0.2, 0.25) is 0 Å². The zero-order chi connectivity index (χ0) is 5.70. The van der Waals surface area contributed by atoms with E-state index in [1.807, 2.05) is 13.8 Å². The number of halogens is 1. The Balaban J connectivity index is 2.83. The molecule has 0 heterocycles. The average Bonchev–Trinajstić information content (AvgIpc) is 1.68. The molecule has 0 aliphatic carbocycles. The van der Waals surface area contributed by atoms with Gasteiger partial charge in [-0.1, -0.05) is 20.3 Å². The maximum atomic E-state index is 12.1. The second kappa shape index (κ2) is 4.10. The fourth-order valence-corrected chi connectivity index (χ4v) is 0.517. The Bertz CT molecular complexity index is 35.2. The second-order valence-corrected chi connectivity index (χ2v) is 1.79. The van der Waals surface area contributed by atoms with Crippen molar-refractivity contribution in [3.8, 4) is 0 Å². The van der Waals surface area contributed by atoms with Gasteiger partial charge >= 0.3 is 0 Å². The van der Waals surface area contributed by atoms with Crippen LogP contribution in [0.15, 0.2) is 0 Å². The van der Waals surface area contributed by atoms with E-state index in [9.17, 15) is 4.39 Å². The zero-order valence-electron chi connectivity index (χ0n) is 5.08. The van der Waals surface area contributed by atoms with Crippen LogP contribution >= 0.6 is 0 Å². The summed E-state index contributed by atoms with van der Waals surface area (Å²) < 4.78 is 12.1. The Kier molecular flexibility index (Phi) is 4.06. The molecule has 1 unspecified atom stereocenters. The van der Waals surface area contributed by atoms with Gasteiger partial charge in [0.1, 0.15) is 0 Å². The topological polar surface area (TPSA) is 0 Å². The molecule has 0 radical (unpaired) electrons. The maximum Gasteiger partial charge on any atom is 0.0998 e. The molecule has 0 aromatic carbocycles. The number of hydrogen-bond donors (Lipinski definition) is 0. The molecular formula is C6H13F. The van der Waals surface area contributed by atoms with Crippen molar-refractivity contribution in [2.24, 2.45) is 0 Å². The van der Waals surface area contributed by atoms with Gasteiger partial charge in [-0.2, -0.15) is 0 Å². The number of hydrogen-bond acceptors (Lipinski definition) is 0. The fourth-order valence-electron chi connectivity index (χ4n) is 0.517. The van der Waals surface area contributed by atoms with Crippen molar-refractivity contribution in [3.63, 3.8) is 0 Å². The van der Waals surface area contributed by atoms with Gasteiger partial charge in [0.15, 0.2) is 0 Å². The summed E-state index contributed by atoms with van der Waals surface area (Å²) >= 11 is 0. The molecule has 0 saturated heterocycles. The van der Waals surface area contributed by atoms with Crippen molar-refractivity contribution in [2.75, 3.05) is 0 Å². The minimum atomic E-state index is -0.551. The number of rotatable bonds is 3. The fraction of sp³-hybridized carbons (Fsp3) is 1.00. The summed E-state index contributed by atoms with van der Waals surface area (Å²) in [6.07, 6.45) is 1.82. The smallest absolute Gasteiger partial charge is 0.0998 e. The summed E-state index contributed by atoms with van der Waals surface area (Å²) in [7, 11) is 0. The molecule has 0 spiro atoms. The molecule has 0 fully saturated rings. The summed E-state index contributed by atoms with van der Waals surface area (Å²) in [6.45, 7) is 3.88. The van der Waals surface area contributed by atoms with E-state index in [0.717, 1.165) is 12.8 Å². The molecule has 44 valence electrons. The highest BCUT2D eigenvalue weighted by atomic mass is 19.1. The van der Waals surface area contributed by atoms with E-state index < -0.39 is 6.17 Å². The summed E-state index contributed by atoms with van der Waals surface area (Å²) in [5, 5.41) is 0. The third kappa shape index (κ3) is 3.77. The van der Waals surface area contributed by atoms with Crippen LogP contribution in [-0.2, 0) is 0 Å². The molecular weight excluding hydrogens is 91.1 g/mol. The van der Waals surface area contributed by atoms with Crippen LogP contribution in [0.25, 0.3) is 0 Å². The highest BCUT2D eigenvalue weighted by molar-refractivity contribution is 4.48. The van der Waals surface area contributed by atoms with Crippen LogP contribution in [0, 0.1) is 0 Å². The summed E-state index contributed by atoms with van der Waals surface area (Å²) in [5.41, 5.74) is 0. The van der Waals surface area contributed by atoms with Crippen molar-refractivity contribution >= 4 is 0 Å². The van der Waals surface area contributed by atoms with Gasteiger partial charge in [0, 0.05) is 0 Å². The van der Waals surface area contributed by atoms with Gasteiger partial charge in [-0.15, -0.1) is 0 Å². The maximum absolute atomic E-state index is 12.1. The molecule has 0 amide bonds. The molecule has 0 N–H and O–H groups in total. The van der Waals surface area contributed by atoms with Crippen molar-refractivity contribution in [2.45, 2.75) is 39.3 Å². The predicted molar refractivity (Wildman–Crippen MR) is 30.1 cm³/mol. The minimum absolute atomic E-state index is 0.551. The van der Waals surface area contributed by atoms with Crippen LogP contribution in [0.3, 0.4) is 0 Å². The monoisotopic (exact) mass is 104 g/mol. The van der Waals surface area contributed by atoms with Gasteiger partial charge in [0.25, 0.3) is 0 Å². The van der Waals surface area contributed by atoms with Crippen molar-refractivity contribution < 1.29 is 4.39 Å². The van der Waals surface area contributed by atoms with Crippen LogP contribution in [0.5, 0.6) is 0 Å². The first-order valence-electron chi connectivity index (χ1n) is 2.95. The normalized spacial score (nSPS) is 14.1. The quantitative estimate of drug-likeness (QED) is 0.516. The van der Waals surface area contributed by atoms with E-state index in [1.54, 1.807) is 0 Å². The lowest BCUT2D eigenvalue weighted by Crippen LogP contribution is -1.94. The predicted octanol–water partition coefficient (Wildman–Crippen LogP) is 2.53. The van der Waals surface area contributed by atoms with Gasteiger partial charge in [0.05, 0.1) is 6.17 Å². The van der Waals surface area contributed by atoms with E-state index >= 15 is 0 Å². The lowest BCUT2D eigenvalue weighted by molar-refractivity contribution is 0.303. The van der Waals surface area contributed by atoms with Crippen LogP contribution in [-0.4, -0.2) is 6.17 Å². The molecule has 0 saturated carbocycles. The SMILES string of the molecule is CCCC(F)CC. The lowest BCUT2D eigenvalue weighted by Gasteiger charge is -1.98. The number of alkyl halides is 1. The molecule has 0 nitrogen and oxygen atoms in total. The van der Waals surface area contributed by atoms with E-state index in [0.29, 0.717) is 6.42 Å². The Hall–Kier alpha value is -0.0700. The third-order valence-corrected chi connectivity index (χ3v) is 1.04. The Morgan fingerprint density at radius 2 is 2.00 bits per heavy atom. The summed E-state index contributed by atoms with van der Waals surface area (Å²) in [6, 6.07) is 0. The molecule has 1 heteroatoms. The van der Waals surface area contributed by atoms with Crippen molar-refractivity contribution in [1.82, 2.24) is 0 Å². The molecule has 0 rings (SSSR count). The van der Waals surface area contributed by atoms with Crippen LogP contribution < -0.4 is 0 Å². The minimum Gasteiger partial charge on any atom is -0.248 e. The zero-order valence-corrected chi connectivity index (χ0v) is 5.08. The van der Waals surface area contributed by atoms with Crippen molar-refractivity contribution in [3.05, 3.63) is 0 Å². The first-order chi connectivity index (χ1) is 3.31. The average molecular weight is 104 g/mol. The van der Waals surface area contributed by atoms with E-state index in [4.69, 9.17) is 0 Å². The largest absolute Gasteiger partial charge is 0.248 e. The molecule has 1 atom stereocenters. The van der Waals surface area contributed by atoms with Gasteiger partial charge in [-0.05, 0) is 12.8 Å². The molecule has 0 aromatic rings. The van der Waals surface area contributed by atoms with Gasteiger partial charge in [-0.25, -0.2) is 4.39 Å². The molecule has 0 aliphatic rings. The molecule has 7 heavy (non-hydrogen) atoms. The molecule has 0 aromatic heterocycles. The Morgan fingerprint density at radius 3 is 2.14 bits per heavy atom. The highest BCUT2D eigenvalue weighted by Gasteiger charge is 1.97. The van der Waals surface area contributed by atoms with Crippen LogP contribution in [0.2, 0.25) is 0 Å². The Morgan fingerprint density at radius 1 is 1.43 bits per heavy atom. The van der Waals surface area contributed by atoms with Gasteiger partial charge in [-0.3, -0.25) is 0 Å². The highest BCUT2D eigenvalue weighted by Crippen LogP contribution is 2.03. The first-order valence-corrected chi connectivity index (χ1v) is 2.95. The standard InChI is InChI=1S/C6H13F/c1-3-5-6(7)4-2/h6H,3-5H2,1-2H3. The lowest BCUT2D eigenvalue weighted by atomic mass is 10.2. The van der Waals surface area contributed by atoms with Crippen molar-refractivity contribution in [1.29, 1.82) is 0 Å². The molecule has 0 aliphatic heterocycles. The van der Waals surface area contributed by atoms with Crippen LogP contribution in [0.4, 0.5) is 4.39 Å². The van der Waals surface area contributed by atoms with Crippen LogP contribution in [0.1, 0.15) is 33.1 Å². The third-order valence-electron chi connectivity index (χ3n) is 1.04. The Labute approximate surface area is 44.7 Å². The van der Waals surface area contributed by atoms with E-state index in [2.05, 4.69) is 0 Å². The van der Waals surface area contributed by atoms with E-state index in [1.165, 1.54) is 0 Å². The summed E-state index contributed by atoms with van der Waals surface area (Å²) in [4.78, 5) is 0. The van der Waals surface area contributed by atoms with E-state index in [-0.39, 0.29) is 0 Å². The van der Waals surface area contributed by atoms with Gasteiger partial charge < -0.3 is 0 Å².